The first kappa shape index (κ1) is 24.5. The summed E-state index contributed by atoms with van der Waals surface area (Å²) < 4.78 is 8.75. The Kier molecular flexibility index (Phi) is 6.22. The molecule has 5 aromatic rings. The van der Waals surface area contributed by atoms with Crippen LogP contribution in [0.4, 0.5) is 5.82 Å². The van der Waals surface area contributed by atoms with Crippen molar-refractivity contribution in [3.63, 3.8) is 0 Å². The van der Waals surface area contributed by atoms with Crippen molar-refractivity contribution in [2.75, 3.05) is 5.32 Å². The molecule has 5 rings (SSSR count). The number of nitrogens with one attached hydrogen (secondary N) is 2. The van der Waals surface area contributed by atoms with Crippen LogP contribution in [-0.2, 0) is 4.79 Å². The minimum Gasteiger partial charge on any atom is -0.478 e. The number of halogens is 2. The lowest BCUT2D eigenvalue weighted by Crippen LogP contribution is -2.43. The number of hydrogen-bond acceptors (Lipinski definition) is 6. The molecule has 0 spiro atoms. The Labute approximate surface area is 220 Å². The number of aromatic nitrogens is 6. The van der Waals surface area contributed by atoms with Crippen LogP contribution >= 0.6 is 23.2 Å². The van der Waals surface area contributed by atoms with Crippen molar-refractivity contribution >= 4 is 46.0 Å². The van der Waals surface area contributed by atoms with Crippen LogP contribution in [-0.4, -0.2) is 41.0 Å². The van der Waals surface area contributed by atoms with E-state index in [0.29, 0.717) is 38.6 Å². The van der Waals surface area contributed by atoms with Crippen LogP contribution in [0.5, 0.6) is 5.75 Å². The van der Waals surface area contributed by atoms with Crippen LogP contribution in [0.15, 0.2) is 65.6 Å². The van der Waals surface area contributed by atoms with Crippen LogP contribution in [0.2, 0.25) is 10.0 Å². The molecular formula is C25H21Cl2N7O3. The second-order valence-electron chi connectivity index (χ2n) is 8.77. The average molecular weight is 538 g/mol. The molecule has 0 radical (unpaired) electrons. The van der Waals surface area contributed by atoms with Gasteiger partial charge in [-0.05, 0) is 63.2 Å². The van der Waals surface area contributed by atoms with E-state index in [-0.39, 0.29) is 11.3 Å². The normalized spacial score (nSPS) is 11.6. The maximum Gasteiger partial charge on any atom is 0.269 e. The van der Waals surface area contributed by atoms with Gasteiger partial charge in [-0.15, -0.1) is 0 Å². The fourth-order valence-electron chi connectivity index (χ4n) is 3.66. The highest BCUT2D eigenvalue weighted by Gasteiger charge is 2.31. The topological polar surface area (TPSA) is 120 Å². The lowest BCUT2D eigenvalue weighted by Gasteiger charge is -2.25. The summed E-state index contributed by atoms with van der Waals surface area (Å²) in [5.74, 6) is 0.448. The maximum absolute atomic E-state index is 13.2. The fraction of sp³-hybridized carbons (Fsp3) is 0.160. The van der Waals surface area contributed by atoms with Crippen LogP contribution in [0.25, 0.3) is 22.7 Å². The van der Waals surface area contributed by atoms with Gasteiger partial charge in [0.15, 0.2) is 11.2 Å². The molecule has 1 amide bonds. The first-order chi connectivity index (χ1) is 17.6. The number of fused-ring (bicyclic) bond motifs is 1. The summed E-state index contributed by atoms with van der Waals surface area (Å²) in [6, 6.07) is 15.4. The maximum atomic E-state index is 13.2. The van der Waals surface area contributed by atoms with Gasteiger partial charge in [-0.25, -0.2) is 4.68 Å². The molecule has 0 fully saturated rings. The van der Waals surface area contributed by atoms with Gasteiger partial charge in [-0.3, -0.25) is 14.6 Å². The van der Waals surface area contributed by atoms with Crippen molar-refractivity contribution in [3.8, 4) is 17.4 Å². The minimum atomic E-state index is -1.24. The average Bonchev–Trinajstić information content (AvgIpc) is 3.44. The molecule has 0 unspecified atom stereocenters. The summed E-state index contributed by atoms with van der Waals surface area (Å²) in [5.41, 5.74) is -0.120. The van der Waals surface area contributed by atoms with E-state index in [2.05, 4.69) is 25.5 Å². The number of anilines is 1. The van der Waals surface area contributed by atoms with Crippen LogP contribution in [0.1, 0.15) is 19.5 Å². The van der Waals surface area contributed by atoms with E-state index < -0.39 is 17.1 Å². The number of carbonyl (C=O) groups excluding carboxylic acids is 1. The van der Waals surface area contributed by atoms with Crippen molar-refractivity contribution in [2.24, 2.45) is 0 Å². The van der Waals surface area contributed by atoms with Crippen molar-refractivity contribution in [1.82, 2.24) is 29.5 Å². The van der Waals surface area contributed by atoms with Crippen molar-refractivity contribution < 1.29 is 9.53 Å². The number of aryl methyl sites for hydroxylation is 1. The number of H-pyrrole nitrogens is 1. The highest BCUT2D eigenvalue weighted by atomic mass is 35.5. The minimum absolute atomic E-state index is 0.0982. The molecule has 0 aliphatic carbocycles. The number of carbonyl (C=O) groups is 1. The van der Waals surface area contributed by atoms with Crippen molar-refractivity contribution in [1.29, 1.82) is 0 Å². The van der Waals surface area contributed by atoms with Gasteiger partial charge in [0.25, 0.3) is 11.5 Å². The molecular weight excluding hydrogens is 517 g/mol. The first-order valence-electron chi connectivity index (χ1n) is 11.2. The fourth-order valence-corrected chi connectivity index (χ4v) is 3.97. The summed E-state index contributed by atoms with van der Waals surface area (Å²) >= 11 is 12.1. The third-order valence-corrected chi connectivity index (χ3v) is 5.97. The number of nitrogens with zero attached hydrogens (tertiary/aromatic N) is 5. The zero-order valence-electron chi connectivity index (χ0n) is 20.0. The predicted octanol–water partition coefficient (Wildman–Crippen LogP) is 4.71. The zero-order valence-corrected chi connectivity index (χ0v) is 21.5. The van der Waals surface area contributed by atoms with E-state index in [4.69, 9.17) is 27.9 Å². The Morgan fingerprint density at radius 2 is 1.81 bits per heavy atom. The predicted molar refractivity (Wildman–Crippen MR) is 141 cm³/mol. The SMILES string of the molecule is Cc1cc(NC(=O)C(C)(C)Oc2ccc(Cl)cc2)n(-c2nc3c(cnn3-c3cccc(Cl)c3)c(=O)[nH]2)n1. The molecule has 0 atom stereocenters. The van der Waals surface area contributed by atoms with Gasteiger partial charge in [0.1, 0.15) is 17.0 Å². The summed E-state index contributed by atoms with van der Waals surface area (Å²) in [4.78, 5) is 33.4. The molecule has 3 heterocycles. The molecule has 10 nitrogen and oxygen atoms in total. The molecule has 0 aliphatic rings. The Morgan fingerprint density at radius 3 is 2.54 bits per heavy atom. The Morgan fingerprint density at radius 1 is 1.05 bits per heavy atom. The highest BCUT2D eigenvalue weighted by molar-refractivity contribution is 6.31. The number of hydrogen-bond donors (Lipinski definition) is 2. The van der Waals surface area contributed by atoms with Gasteiger partial charge in [0, 0.05) is 16.1 Å². The number of aromatic amines is 1. The Bertz CT molecular complexity index is 1690. The number of benzene rings is 2. The smallest absolute Gasteiger partial charge is 0.269 e. The summed E-state index contributed by atoms with van der Waals surface area (Å²) in [7, 11) is 0. The zero-order chi connectivity index (χ0) is 26.3. The molecule has 188 valence electrons. The molecule has 37 heavy (non-hydrogen) atoms. The summed E-state index contributed by atoms with van der Waals surface area (Å²) in [5, 5.41) is 12.9. The quantitative estimate of drug-likeness (QED) is 0.323. The van der Waals surface area contributed by atoms with Crippen LogP contribution < -0.4 is 15.6 Å². The third-order valence-electron chi connectivity index (χ3n) is 5.49. The van der Waals surface area contributed by atoms with Gasteiger partial charge in [-0.1, -0.05) is 29.3 Å². The summed E-state index contributed by atoms with van der Waals surface area (Å²) in [6.07, 6.45) is 1.43. The molecule has 0 saturated heterocycles. The van der Waals surface area contributed by atoms with Gasteiger partial charge >= 0.3 is 0 Å². The van der Waals surface area contributed by atoms with Gasteiger partial charge in [-0.2, -0.15) is 19.9 Å². The Balaban J connectivity index is 1.50. The molecule has 0 saturated carbocycles. The second-order valence-corrected chi connectivity index (χ2v) is 9.64. The molecule has 2 aromatic carbocycles. The number of ether oxygens (including phenoxy) is 1. The van der Waals surface area contributed by atoms with E-state index in [1.54, 1.807) is 75.4 Å². The standard InChI is InChI=1S/C25H21Cl2N7O3/c1-14-11-20(29-23(36)25(2,3)37-18-9-7-15(26)8-10-18)34(32-14)24-30-21-19(22(35)31-24)13-28-33(21)17-6-4-5-16(27)12-17/h4-13H,1-3H3,(H,29,36)(H,30,31,35). The second kappa shape index (κ2) is 9.38. The summed E-state index contributed by atoms with van der Waals surface area (Å²) in [6.45, 7) is 5.04. The van der Waals surface area contributed by atoms with E-state index in [1.165, 1.54) is 15.6 Å². The van der Waals surface area contributed by atoms with E-state index in [1.807, 2.05) is 0 Å². The van der Waals surface area contributed by atoms with E-state index in [0.717, 1.165) is 0 Å². The van der Waals surface area contributed by atoms with Gasteiger partial charge in [0.05, 0.1) is 17.6 Å². The van der Waals surface area contributed by atoms with Crippen molar-refractivity contribution in [3.05, 3.63) is 86.9 Å². The first-order valence-corrected chi connectivity index (χ1v) is 11.9. The van der Waals surface area contributed by atoms with Gasteiger partial charge in [0.2, 0.25) is 5.95 Å². The lowest BCUT2D eigenvalue weighted by molar-refractivity contribution is -0.128. The third kappa shape index (κ3) is 4.93. The van der Waals surface area contributed by atoms with Crippen LogP contribution in [0, 0.1) is 6.92 Å². The largest absolute Gasteiger partial charge is 0.478 e. The highest BCUT2D eigenvalue weighted by Crippen LogP contribution is 2.24. The Hall–Kier alpha value is -4.15. The van der Waals surface area contributed by atoms with Crippen molar-refractivity contribution in [2.45, 2.75) is 26.4 Å². The van der Waals surface area contributed by atoms with Crippen LogP contribution in [0.3, 0.4) is 0 Å². The van der Waals surface area contributed by atoms with E-state index in [9.17, 15) is 9.59 Å². The molecule has 12 heteroatoms. The lowest BCUT2D eigenvalue weighted by atomic mass is 10.1. The van der Waals surface area contributed by atoms with E-state index >= 15 is 0 Å². The molecule has 0 aliphatic heterocycles. The number of amides is 1. The molecule has 2 N–H and O–H groups in total. The molecule has 3 aromatic heterocycles. The monoisotopic (exact) mass is 537 g/mol. The van der Waals surface area contributed by atoms with Gasteiger partial charge < -0.3 is 10.1 Å². The number of rotatable bonds is 6. The molecule has 0 bridgehead atoms.